The van der Waals surface area contributed by atoms with Gasteiger partial charge in [-0.05, 0) is 13.1 Å². The van der Waals surface area contributed by atoms with Crippen LogP contribution >= 0.6 is 0 Å². The molecule has 1 aromatic rings. The molecule has 0 heterocycles. The molecule has 0 fully saturated rings. The van der Waals surface area contributed by atoms with E-state index in [1.807, 2.05) is 0 Å². The van der Waals surface area contributed by atoms with Crippen molar-refractivity contribution >= 4 is 10.1 Å². The molecule has 96 valence electrons. The SMILES string of the molecule is CNC[C@H](O)c1ccc(O)c(O)c1S(=O)(=O)O. The third kappa shape index (κ3) is 2.86. The molecule has 1 atom stereocenters. The molecule has 1 aromatic carbocycles. The predicted molar refractivity (Wildman–Crippen MR) is 58.5 cm³/mol. The molecule has 0 saturated carbocycles. The quantitative estimate of drug-likeness (QED) is 0.369. The van der Waals surface area contributed by atoms with Crippen LogP contribution in [-0.4, -0.2) is 41.9 Å². The Morgan fingerprint density at radius 2 is 1.94 bits per heavy atom. The van der Waals surface area contributed by atoms with Crippen molar-refractivity contribution in [3.8, 4) is 11.5 Å². The molecular formula is C9H13NO6S. The number of nitrogens with one attached hydrogen (secondary N) is 1. The highest BCUT2D eigenvalue weighted by molar-refractivity contribution is 7.86. The second kappa shape index (κ2) is 4.88. The van der Waals surface area contributed by atoms with E-state index in [0.29, 0.717) is 0 Å². The maximum absolute atomic E-state index is 11.1. The highest BCUT2D eigenvalue weighted by Gasteiger charge is 2.26. The van der Waals surface area contributed by atoms with E-state index in [4.69, 9.17) is 4.55 Å². The zero-order chi connectivity index (χ0) is 13.2. The van der Waals surface area contributed by atoms with Crippen molar-refractivity contribution in [3.05, 3.63) is 17.7 Å². The lowest BCUT2D eigenvalue weighted by atomic mass is 10.1. The van der Waals surface area contributed by atoms with Crippen LogP contribution in [0.3, 0.4) is 0 Å². The highest BCUT2D eigenvalue weighted by Crippen LogP contribution is 2.37. The minimum absolute atomic E-state index is 0.0206. The molecule has 0 radical (unpaired) electrons. The largest absolute Gasteiger partial charge is 0.504 e. The molecule has 0 bridgehead atoms. The van der Waals surface area contributed by atoms with Crippen LogP contribution in [0.4, 0.5) is 0 Å². The lowest BCUT2D eigenvalue weighted by molar-refractivity contribution is 0.173. The van der Waals surface area contributed by atoms with Crippen LogP contribution < -0.4 is 5.32 Å². The van der Waals surface area contributed by atoms with Gasteiger partial charge in [0.05, 0.1) is 6.10 Å². The summed E-state index contributed by atoms with van der Waals surface area (Å²) in [7, 11) is -3.21. The van der Waals surface area contributed by atoms with Crippen LogP contribution in [0.1, 0.15) is 11.7 Å². The second-order valence-electron chi connectivity index (χ2n) is 3.40. The number of rotatable bonds is 4. The van der Waals surface area contributed by atoms with Gasteiger partial charge in [0.25, 0.3) is 10.1 Å². The molecule has 0 aliphatic heterocycles. The van der Waals surface area contributed by atoms with E-state index in [0.717, 1.165) is 12.1 Å². The van der Waals surface area contributed by atoms with E-state index in [9.17, 15) is 23.7 Å². The molecule has 8 heteroatoms. The minimum atomic E-state index is -4.75. The van der Waals surface area contributed by atoms with Crippen molar-refractivity contribution in [3.63, 3.8) is 0 Å². The van der Waals surface area contributed by atoms with Gasteiger partial charge in [-0.15, -0.1) is 0 Å². The standard InChI is InChI=1S/C9H13NO6S/c1-10-4-7(12)5-2-3-6(11)8(13)9(5)17(14,15)16/h2-3,7,10-13H,4H2,1H3,(H,14,15,16)/t7-/m0/s1. The topological polar surface area (TPSA) is 127 Å². The Balaban J connectivity index is 3.46. The molecular weight excluding hydrogens is 250 g/mol. The Morgan fingerprint density at radius 1 is 1.35 bits per heavy atom. The average molecular weight is 263 g/mol. The summed E-state index contributed by atoms with van der Waals surface area (Å²) in [6.45, 7) is 0.0206. The predicted octanol–water partition coefficient (Wildman–Crippen LogP) is -0.403. The van der Waals surface area contributed by atoms with Gasteiger partial charge in [0.1, 0.15) is 4.90 Å². The van der Waals surface area contributed by atoms with Crippen molar-refractivity contribution in [1.82, 2.24) is 5.32 Å². The fourth-order valence-electron chi connectivity index (χ4n) is 1.41. The van der Waals surface area contributed by atoms with Crippen molar-refractivity contribution in [2.45, 2.75) is 11.0 Å². The summed E-state index contributed by atoms with van der Waals surface area (Å²) in [6.07, 6.45) is -1.25. The molecule has 0 amide bonds. The van der Waals surface area contributed by atoms with Gasteiger partial charge in [-0.3, -0.25) is 4.55 Å². The van der Waals surface area contributed by atoms with E-state index in [-0.39, 0.29) is 12.1 Å². The number of aromatic hydroxyl groups is 2. The van der Waals surface area contributed by atoms with Gasteiger partial charge in [0, 0.05) is 12.1 Å². The number of phenols is 2. The first kappa shape index (κ1) is 13.7. The Bertz CT molecular complexity index is 512. The van der Waals surface area contributed by atoms with Crippen LogP contribution in [-0.2, 0) is 10.1 Å². The molecule has 17 heavy (non-hydrogen) atoms. The summed E-state index contributed by atoms with van der Waals surface area (Å²) in [4.78, 5) is -0.889. The monoisotopic (exact) mass is 263 g/mol. The summed E-state index contributed by atoms with van der Waals surface area (Å²) in [5.74, 6) is -1.68. The van der Waals surface area contributed by atoms with Gasteiger partial charge in [-0.1, -0.05) is 6.07 Å². The maximum Gasteiger partial charge on any atom is 0.298 e. The number of phenolic OH excluding ortho intramolecular Hbond substituents is 2. The molecule has 0 aliphatic rings. The zero-order valence-electron chi connectivity index (χ0n) is 8.95. The van der Waals surface area contributed by atoms with Gasteiger partial charge in [-0.25, -0.2) is 0 Å². The minimum Gasteiger partial charge on any atom is -0.504 e. The molecule has 0 unspecified atom stereocenters. The van der Waals surface area contributed by atoms with Crippen LogP contribution in [0.25, 0.3) is 0 Å². The first-order chi connectivity index (χ1) is 7.79. The van der Waals surface area contributed by atoms with Gasteiger partial charge in [-0.2, -0.15) is 8.42 Å². The summed E-state index contributed by atoms with van der Waals surface area (Å²) in [5, 5.41) is 30.8. The number of benzene rings is 1. The second-order valence-corrected chi connectivity index (χ2v) is 4.76. The van der Waals surface area contributed by atoms with E-state index < -0.39 is 32.6 Å². The van der Waals surface area contributed by atoms with E-state index in [1.165, 1.54) is 7.05 Å². The van der Waals surface area contributed by atoms with Crippen molar-refractivity contribution < 1.29 is 28.3 Å². The van der Waals surface area contributed by atoms with Crippen molar-refractivity contribution in [2.75, 3.05) is 13.6 Å². The summed E-state index contributed by atoms with van der Waals surface area (Å²) in [5.41, 5.74) is -0.197. The normalized spacial score (nSPS) is 13.6. The number of hydrogen-bond donors (Lipinski definition) is 5. The molecule has 0 aliphatic carbocycles. The van der Waals surface area contributed by atoms with E-state index in [1.54, 1.807) is 0 Å². The van der Waals surface area contributed by atoms with Crippen LogP contribution in [0, 0.1) is 0 Å². The third-order valence-electron chi connectivity index (χ3n) is 2.16. The van der Waals surface area contributed by atoms with Crippen LogP contribution in [0.15, 0.2) is 17.0 Å². The Labute approximate surface area is 98.1 Å². The highest BCUT2D eigenvalue weighted by atomic mass is 32.2. The number of likely N-dealkylation sites (N-methyl/N-ethyl adjacent to an activating group) is 1. The maximum atomic E-state index is 11.1. The number of aliphatic hydroxyl groups excluding tert-OH is 1. The van der Waals surface area contributed by atoms with Crippen LogP contribution in [0.5, 0.6) is 11.5 Å². The van der Waals surface area contributed by atoms with E-state index in [2.05, 4.69) is 5.32 Å². The summed E-state index contributed by atoms with van der Waals surface area (Å²) < 4.78 is 31.1. The molecule has 5 N–H and O–H groups in total. The molecule has 7 nitrogen and oxygen atoms in total. The molecule has 0 aromatic heterocycles. The molecule has 0 saturated heterocycles. The first-order valence-electron chi connectivity index (χ1n) is 4.64. The smallest absolute Gasteiger partial charge is 0.298 e. The van der Waals surface area contributed by atoms with Gasteiger partial charge < -0.3 is 20.6 Å². The number of hydrogen-bond acceptors (Lipinski definition) is 6. The lowest BCUT2D eigenvalue weighted by Crippen LogP contribution is -2.19. The average Bonchev–Trinajstić information content (AvgIpc) is 2.20. The van der Waals surface area contributed by atoms with Gasteiger partial charge in [0.15, 0.2) is 11.5 Å². The Kier molecular flexibility index (Phi) is 3.94. The Hall–Kier alpha value is -1.35. The Morgan fingerprint density at radius 3 is 2.41 bits per heavy atom. The van der Waals surface area contributed by atoms with E-state index >= 15 is 0 Å². The third-order valence-corrected chi connectivity index (χ3v) is 3.10. The fourth-order valence-corrected chi connectivity index (χ4v) is 2.26. The summed E-state index contributed by atoms with van der Waals surface area (Å²) >= 11 is 0. The van der Waals surface area contributed by atoms with Crippen molar-refractivity contribution in [1.29, 1.82) is 0 Å². The molecule has 1 rings (SSSR count). The first-order valence-corrected chi connectivity index (χ1v) is 6.08. The summed E-state index contributed by atoms with van der Waals surface area (Å²) in [6, 6.07) is 2.14. The van der Waals surface area contributed by atoms with Gasteiger partial charge >= 0.3 is 0 Å². The van der Waals surface area contributed by atoms with Crippen molar-refractivity contribution in [2.24, 2.45) is 0 Å². The molecule has 0 spiro atoms. The fraction of sp³-hybridized carbons (Fsp3) is 0.333. The lowest BCUT2D eigenvalue weighted by Gasteiger charge is -2.15. The number of aliphatic hydroxyl groups is 1. The van der Waals surface area contributed by atoms with Crippen LogP contribution in [0.2, 0.25) is 0 Å². The van der Waals surface area contributed by atoms with Gasteiger partial charge in [0.2, 0.25) is 0 Å². The zero-order valence-corrected chi connectivity index (χ0v) is 9.77.